The highest BCUT2D eigenvalue weighted by molar-refractivity contribution is 5.93. The molecule has 0 bridgehead atoms. The molecule has 0 spiro atoms. The summed E-state index contributed by atoms with van der Waals surface area (Å²) in [6, 6.07) is 6.16. The van der Waals surface area contributed by atoms with Gasteiger partial charge >= 0.3 is 0 Å². The zero-order valence-corrected chi connectivity index (χ0v) is 14.4. The van der Waals surface area contributed by atoms with Crippen LogP contribution in [0.5, 0.6) is 0 Å². The van der Waals surface area contributed by atoms with Crippen LogP contribution in [-0.4, -0.2) is 55.0 Å². The SMILES string of the molecule is Cc1ccc(C)c(NC(=O)CN2CCN(CC(C)C)CC2)c1. The number of hydrogen-bond acceptors (Lipinski definition) is 3. The largest absolute Gasteiger partial charge is 0.325 e. The molecule has 1 aromatic carbocycles. The fourth-order valence-corrected chi connectivity index (χ4v) is 2.91. The summed E-state index contributed by atoms with van der Waals surface area (Å²) in [5.41, 5.74) is 3.22. The first-order valence-corrected chi connectivity index (χ1v) is 8.26. The number of rotatable bonds is 5. The Labute approximate surface area is 134 Å². The van der Waals surface area contributed by atoms with Gasteiger partial charge in [0.05, 0.1) is 6.54 Å². The molecule has 1 fully saturated rings. The Bertz CT molecular complexity index is 505. The molecular weight excluding hydrogens is 274 g/mol. The van der Waals surface area contributed by atoms with Crippen molar-refractivity contribution in [3.63, 3.8) is 0 Å². The lowest BCUT2D eigenvalue weighted by Crippen LogP contribution is -2.49. The number of anilines is 1. The van der Waals surface area contributed by atoms with Gasteiger partial charge in [-0.05, 0) is 37.0 Å². The minimum atomic E-state index is 0.0889. The average molecular weight is 303 g/mol. The van der Waals surface area contributed by atoms with E-state index in [4.69, 9.17) is 0 Å². The van der Waals surface area contributed by atoms with Crippen LogP contribution < -0.4 is 5.32 Å². The quantitative estimate of drug-likeness (QED) is 0.908. The van der Waals surface area contributed by atoms with Crippen molar-refractivity contribution in [1.82, 2.24) is 9.80 Å². The van der Waals surface area contributed by atoms with Crippen LogP contribution in [0.4, 0.5) is 5.69 Å². The number of carbonyl (C=O) groups is 1. The van der Waals surface area contributed by atoms with Crippen molar-refractivity contribution in [1.29, 1.82) is 0 Å². The number of hydrogen-bond donors (Lipinski definition) is 1. The van der Waals surface area contributed by atoms with E-state index >= 15 is 0 Å². The van der Waals surface area contributed by atoms with Gasteiger partial charge in [0.25, 0.3) is 0 Å². The summed E-state index contributed by atoms with van der Waals surface area (Å²) in [5.74, 6) is 0.796. The van der Waals surface area contributed by atoms with Crippen LogP contribution >= 0.6 is 0 Å². The highest BCUT2D eigenvalue weighted by Gasteiger charge is 2.19. The van der Waals surface area contributed by atoms with Gasteiger partial charge in [-0.3, -0.25) is 9.69 Å². The summed E-state index contributed by atoms with van der Waals surface area (Å²) in [5, 5.41) is 3.05. The Hall–Kier alpha value is -1.39. The van der Waals surface area contributed by atoms with E-state index in [1.165, 1.54) is 5.56 Å². The molecule has 0 aromatic heterocycles. The monoisotopic (exact) mass is 303 g/mol. The van der Waals surface area contributed by atoms with Gasteiger partial charge in [0.1, 0.15) is 0 Å². The molecule has 0 saturated carbocycles. The van der Waals surface area contributed by atoms with Crippen molar-refractivity contribution in [2.24, 2.45) is 5.92 Å². The predicted octanol–water partition coefficient (Wildman–Crippen LogP) is 2.52. The second kappa shape index (κ2) is 7.75. The first kappa shape index (κ1) is 17.0. The Balaban J connectivity index is 1.80. The lowest BCUT2D eigenvalue weighted by molar-refractivity contribution is -0.117. The first-order valence-electron chi connectivity index (χ1n) is 8.26. The smallest absolute Gasteiger partial charge is 0.238 e. The van der Waals surface area contributed by atoms with Gasteiger partial charge in [-0.15, -0.1) is 0 Å². The second-order valence-electron chi connectivity index (χ2n) is 6.84. The summed E-state index contributed by atoms with van der Waals surface area (Å²) in [7, 11) is 0. The van der Waals surface area contributed by atoms with Gasteiger partial charge < -0.3 is 10.2 Å². The van der Waals surface area contributed by atoms with Crippen LogP contribution in [-0.2, 0) is 4.79 Å². The Morgan fingerprint density at radius 3 is 2.41 bits per heavy atom. The molecule has 122 valence electrons. The van der Waals surface area contributed by atoms with Gasteiger partial charge in [-0.1, -0.05) is 26.0 Å². The maximum atomic E-state index is 12.2. The molecule has 1 heterocycles. The fourth-order valence-electron chi connectivity index (χ4n) is 2.91. The molecule has 4 nitrogen and oxygen atoms in total. The molecule has 1 aliphatic heterocycles. The molecule has 1 amide bonds. The fraction of sp³-hybridized carbons (Fsp3) is 0.611. The molecule has 0 radical (unpaired) electrons. The standard InChI is InChI=1S/C18H29N3O/c1-14(2)12-20-7-9-21(10-8-20)13-18(22)19-17-11-15(3)5-6-16(17)4/h5-6,11,14H,7-10,12-13H2,1-4H3,(H,19,22). The molecule has 1 N–H and O–H groups in total. The van der Waals surface area contributed by atoms with Gasteiger partial charge in [0.2, 0.25) is 5.91 Å². The van der Waals surface area contributed by atoms with Crippen molar-refractivity contribution < 1.29 is 4.79 Å². The number of aryl methyl sites for hydroxylation is 2. The maximum Gasteiger partial charge on any atom is 0.238 e. The van der Waals surface area contributed by atoms with E-state index in [2.05, 4.69) is 41.1 Å². The molecule has 1 aromatic rings. The van der Waals surface area contributed by atoms with E-state index in [1.54, 1.807) is 0 Å². The van der Waals surface area contributed by atoms with Crippen molar-refractivity contribution in [2.45, 2.75) is 27.7 Å². The number of piperazine rings is 1. The topological polar surface area (TPSA) is 35.6 Å². The zero-order valence-electron chi connectivity index (χ0n) is 14.4. The van der Waals surface area contributed by atoms with E-state index in [9.17, 15) is 4.79 Å². The summed E-state index contributed by atoms with van der Waals surface area (Å²) in [6.45, 7) is 14.3. The number of nitrogens with one attached hydrogen (secondary N) is 1. The minimum absolute atomic E-state index is 0.0889. The number of benzene rings is 1. The molecule has 4 heteroatoms. The molecule has 1 saturated heterocycles. The van der Waals surface area contributed by atoms with Crippen LogP contribution in [0.1, 0.15) is 25.0 Å². The van der Waals surface area contributed by atoms with Crippen molar-refractivity contribution in [2.75, 3.05) is 44.6 Å². The Morgan fingerprint density at radius 2 is 1.77 bits per heavy atom. The van der Waals surface area contributed by atoms with Crippen LogP contribution in [0.3, 0.4) is 0 Å². The summed E-state index contributed by atoms with van der Waals surface area (Å²) in [4.78, 5) is 17.0. The van der Waals surface area contributed by atoms with Crippen molar-refractivity contribution >= 4 is 11.6 Å². The molecule has 1 aliphatic rings. The number of carbonyl (C=O) groups excluding carboxylic acids is 1. The average Bonchev–Trinajstić information content (AvgIpc) is 2.44. The van der Waals surface area contributed by atoms with Crippen LogP contribution in [0.2, 0.25) is 0 Å². The summed E-state index contributed by atoms with van der Waals surface area (Å²) < 4.78 is 0. The van der Waals surface area contributed by atoms with Gasteiger partial charge in [0.15, 0.2) is 0 Å². The van der Waals surface area contributed by atoms with E-state index in [-0.39, 0.29) is 5.91 Å². The highest BCUT2D eigenvalue weighted by atomic mass is 16.2. The number of amides is 1. The predicted molar refractivity (Wildman–Crippen MR) is 92.3 cm³/mol. The molecule has 22 heavy (non-hydrogen) atoms. The van der Waals surface area contributed by atoms with E-state index in [0.717, 1.165) is 44.0 Å². The Kier molecular flexibility index (Phi) is 5.98. The van der Waals surface area contributed by atoms with Crippen molar-refractivity contribution in [3.8, 4) is 0 Å². The zero-order chi connectivity index (χ0) is 16.1. The third-order valence-electron chi connectivity index (χ3n) is 4.12. The first-order chi connectivity index (χ1) is 10.4. The Morgan fingerprint density at radius 1 is 1.14 bits per heavy atom. The normalized spacial score (nSPS) is 17.0. The van der Waals surface area contributed by atoms with Gasteiger partial charge in [0, 0.05) is 38.4 Å². The minimum Gasteiger partial charge on any atom is -0.325 e. The van der Waals surface area contributed by atoms with Crippen LogP contribution in [0.25, 0.3) is 0 Å². The molecular formula is C18H29N3O. The maximum absolute atomic E-state index is 12.2. The molecule has 0 aliphatic carbocycles. The van der Waals surface area contributed by atoms with Crippen LogP contribution in [0, 0.1) is 19.8 Å². The van der Waals surface area contributed by atoms with Gasteiger partial charge in [-0.25, -0.2) is 0 Å². The van der Waals surface area contributed by atoms with E-state index < -0.39 is 0 Å². The van der Waals surface area contributed by atoms with Crippen molar-refractivity contribution in [3.05, 3.63) is 29.3 Å². The van der Waals surface area contributed by atoms with E-state index in [1.807, 2.05) is 19.9 Å². The third-order valence-corrected chi connectivity index (χ3v) is 4.12. The highest BCUT2D eigenvalue weighted by Crippen LogP contribution is 2.16. The lowest BCUT2D eigenvalue weighted by Gasteiger charge is -2.35. The summed E-state index contributed by atoms with van der Waals surface area (Å²) in [6.07, 6.45) is 0. The van der Waals surface area contributed by atoms with E-state index in [0.29, 0.717) is 12.5 Å². The molecule has 2 rings (SSSR count). The third kappa shape index (κ3) is 5.11. The second-order valence-corrected chi connectivity index (χ2v) is 6.84. The lowest BCUT2D eigenvalue weighted by atomic mass is 10.1. The van der Waals surface area contributed by atoms with Crippen LogP contribution in [0.15, 0.2) is 18.2 Å². The summed E-state index contributed by atoms with van der Waals surface area (Å²) >= 11 is 0. The van der Waals surface area contributed by atoms with Gasteiger partial charge in [-0.2, -0.15) is 0 Å². The molecule has 0 unspecified atom stereocenters. The molecule has 0 atom stereocenters. The number of nitrogens with zero attached hydrogens (tertiary/aromatic N) is 2.